The van der Waals surface area contributed by atoms with E-state index in [4.69, 9.17) is 0 Å². The first-order chi connectivity index (χ1) is 23.2. The van der Waals surface area contributed by atoms with Gasteiger partial charge in [-0.25, -0.2) is 0 Å². The van der Waals surface area contributed by atoms with Crippen molar-refractivity contribution < 1.29 is 2.74 Å². The van der Waals surface area contributed by atoms with Crippen LogP contribution in [0.4, 0.5) is 17.1 Å². The van der Waals surface area contributed by atoms with Crippen molar-refractivity contribution in [3.05, 3.63) is 187 Å². The van der Waals surface area contributed by atoms with E-state index in [0.717, 1.165) is 49.6 Å². The van der Waals surface area contributed by atoms with Gasteiger partial charge in [0.15, 0.2) is 0 Å². The third-order valence-electron chi connectivity index (χ3n) is 8.46. The third-order valence-corrected chi connectivity index (χ3v) is 8.46. The van der Waals surface area contributed by atoms with Gasteiger partial charge < -0.3 is 4.90 Å². The highest BCUT2D eigenvalue weighted by Crippen LogP contribution is 2.40. The molecule has 8 rings (SSSR count). The molecule has 0 spiro atoms. The Bertz CT molecular complexity index is 2360. The molecule has 0 aliphatic rings. The van der Waals surface area contributed by atoms with Crippen molar-refractivity contribution in [3.63, 3.8) is 0 Å². The summed E-state index contributed by atoms with van der Waals surface area (Å²) in [5.41, 5.74) is 6.93. The van der Waals surface area contributed by atoms with Gasteiger partial charge in [0.25, 0.3) is 0 Å². The van der Waals surface area contributed by atoms with E-state index in [-0.39, 0.29) is 12.1 Å². The maximum atomic E-state index is 9.39. The van der Waals surface area contributed by atoms with Crippen molar-refractivity contribution in [1.82, 2.24) is 0 Å². The summed E-state index contributed by atoms with van der Waals surface area (Å²) >= 11 is 0. The van der Waals surface area contributed by atoms with Gasteiger partial charge in [0.1, 0.15) is 0 Å². The van der Waals surface area contributed by atoms with Crippen LogP contribution < -0.4 is 4.90 Å². The number of hydrogen-bond donors (Lipinski definition) is 0. The van der Waals surface area contributed by atoms with E-state index in [1.54, 1.807) is 0 Å². The Labute approximate surface area is 266 Å². The van der Waals surface area contributed by atoms with Crippen LogP contribution in [0.5, 0.6) is 0 Å². The monoisotopic (exact) mass is 575 g/mol. The van der Waals surface area contributed by atoms with Crippen LogP contribution in [0.25, 0.3) is 55.5 Å². The van der Waals surface area contributed by atoms with Gasteiger partial charge in [0.05, 0.1) is 2.74 Å². The summed E-state index contributed by atoms with van der Waals surface area (Å²) in [6, 6.07) is 60.7. The van der Waals surface area contributed by atoms with Crippen LogP contribution in [0.15, 0.2) is 176 Å². The molecule has 1 nitrogen and oxygen atoms in total. The van der Waals surface area contributed by atoms with Gasteiger partial charge in [-0.05, 0) is 103 Å². The molecule has 0 saturated carbocycles. The topological polar surface area (TPSA) is 3.24 Å². The Hall–Kier alpha value is -5.92. The van der Waals surface area contributed by atoms with Gasteiger partial charge >= 0.3 is 0 Å². The van der Waals surface area contributed by atoms with Gasteiger partial charge in [-0.2, -0.15) is 0 Å². The molecule has 8 aromatic rings. The lowest BCUT2D eigenvalue weighted by molar-refractivity contribution is 1.28. The zero-order chi connectivity index (χ0) is 31.7. The second-order valence-corrected chi connectivity index (χ2v) is 11.2. The molecular formula is C44H31N. The molecule has 0 aromatic heterocycles. The van der Waals surface area contributed by atoms with Gasteiger partial charge in [-0.15, -0.1) is 0 Å². The molecule has 0 aliphatic carbocycles. The van der Waals surface area contributed by atoms with Crippen LogP contribution in [-0.2, 0) is 0 Å². The van der Waals surface area contributed by atoms with Crippen LogP contribution in [0, 0.1) is 0 Å². The summed E-state index contributed by atoms with van der Waals surface area (Å²) in [5.74, 6) is 0. The molecule has 45 heavy (non-hydrogen) atoms. The lowest BCUT2D eigenvalue weighted by Crippen LogP contribution is -2.09. The summed E-state index contributed by atoms with van der Waals surface area (Å²) in [5, 5.41) is 6.60. The normalized spacial score (nSPS) is 12.5. The summed E-state index contributed by atoms with van der Waals surface area (Å²) in [4.78, 5) is 2.20. The Kier molecular flexibility index (Phi) is 6.34. The van der Waals surface area contributed by atoms with Gasteiger partial charge in [-0.1, -0.05) is 139 Å². The molecule has 0 amide bonds. The van der Waals surface area contributed by atoms with Gasteiger partial charge in [0, 0.05) is 17.1 Å². The first-order valence-electron chi connectivity index (χ1n) is 16.3. The van der Waals surface area contributed by atoms with E-state index in [1.807, 2.05) is 72.8 Å². The maximum Gasteiger partial charge on any atom is 0.0629 e. The van der Waals surface area contributed by atoms with E-state index >= 15 is 0 Å². The van der Waals surface area contributed by atoms with Crippen LogP contribution in [-0.4, -0.2) is 0 Å². The minimum Gasteiger partial charge on any atom is -0.311 e. The second kappa shape index (κ2) is 11.6. The molecule has 0 unspecified atom stereocenters. The van der Waals surface area contributed by atoms with Crippen LogP contribution >= 0.6 is 0 Å². The fourth-order valence-corrected chi connectivity index (χ4v) is 6.35. The summed E-state index contributed by atoms with van der Waals surface area (Å²) in [7, 11) is 0. The van der Waals surface area contributed by atoms with E-state index in [0.29, 0.717) is 5.56 Å². The zero-order valence-corrected chi connectivity index (χ0v) is 24.7. The SMILES string of the molecule is [2H]/C(=C(/[2H])c1cc2c3ccccc3c(-c3ccccc3)cc2c2ccccc12)c1ccc(N(c2ccccc2)c2ccccc2)cc1. The molecule has 0 N–H and O–H groups in total. The molecule has 1 heteroatoms. The predicted molar refractivity (Wildman–Crippen MR) is 194 cm³/mol. The van der Waals surface area contributed by atoms with Crippen molar-refractivity contribution in [2.45, 2.75) is 0 Å². The minimum absolute atomic E-state index is 0.192. The molecule has 0 heterocycles. The Balaban J connectivity index is 1.27. The standard InChI is InChI=1S/C44H31N/c1-4-14-33(15-5-1)42-31-44-39-21-11-10-20-38(39)34(30-43(44)41-23-13-12-22-40(41)42)27-24-32-25-28-37(29-26-32)45(35-16-6-2-7-17-35)36-18-8-3-9-19-36/h1-31H/b27-24+/i24D,27D. The van der Waals surface area contributed by atoms with Crippen LogP contribution in [0.1, 0.15) is 13.9 Å². The molecule has 0 bridgehead atoms. The smallest absolute Gasteiger partial charge is 0.0629 e. The molecule has 212 valence electrons. The minimum atomic E-state index is 0.192. The quantitative estimate of drug-likeness (QED) is 0.141. The van der Waals surface area contributed by atoms with Crippen molar-refractivity contribution >= 4 is 61.5 Å². The molecule has 8 aromatic carbocycles. The van der Waals surface area contributed by atoms with Crippen LogP contribution in [0.3, 0.4) is 0 Å². The molecule has 0 atom stereocenters. The summed E-state index contributed by atoms with van der Waals surface area (Å²) in [6.45, 7) is 0. The van der Waals surface area contributed by atoms with E-state index < -0.39 is 0 Å². The zero-order valence-electron chi connectivity index (χ0n) is 26.7. The Morgan fingerprint density at radius 1 is 0.378 bits per heavy atom. The number of para-hydroxylation sites is 2. The fraction of sp³-hybridized carbons (Fsp3) is 0. The fourth-order valence-electron chi connectivity index (χ4n) is 6.35. The van der Waals surface area contributed by atoms with Crippen molar-refractivity contribution in [2.75, 3.05) is 4.90 Å². The number of benzene rings is 8. The van der Waals surface area contributed by atoms with Gasteiger partial charge in [0.2, 0.25) is 0 Å². The first kappa shape index (κ1) is 24.5. The van der Waals surface area contributed by atoms with Crippen molar-refractivity contribution in [3.8, 4) is 11.1 Å². The Morgan fingerprint density at radius 2 is 0.844 bits per heavy atom. The summed E-state index contributed by atoms with van der Waals surface area (Å²) < 4.78 is 18.6. The summed E-state index contributed by atoms with van der Waals surface area (Å²) in [6.07, 6.45) is 0. The largest absolute Gasteiger partial charge is 0.311 e. The molecule has 0 radical (unpaired) electrons. The first-order valence-corrected chi connectivity index (χ1v) is 15.3. The number of nitrogens with zero attached hydrogens (tertiary/aromatic N) is 1. The number of anilines is 3. The van der Waals surface area contributed by atoms with Gasteiger partial charge in [-0.3, -0.25) is 0 Å². The lowest BCUT2D eigenvalue weighted by Gasteiger charge is -2.25. The molecule has 0 fully saturated rings. The highest BCUT2D eigenvalue weighted by Gasteiger charge is 2.13. The number of fused-ring (bicyclic) bond motifs is 5. The van der Waals surface area contributed by atoms with Crippen molar-refractivity contribution in [1.29, 1.82) is 0 Å². The molecule has 0 aliphatic heterocycles. The average Bonchev–Trinajstić information content (AvgIpc) is 3.15. The predicted octanol–water partition coefficient (Wildman–Crippen LogP) is 12.5. The van der Waals surface area contributed by atoms with E-state index in [1.165, 1.54) is 16.5 Å². The maximum absolute atomic E-state index is 9.39. The number of rotatable bonds is 6. The van der Waals surface area contributed by atoms with E-state index in [2.05, 4.69) is 108 Å². The van der Waals surface area contributed by atoms with E-state index in [9.17, 15) is 2.74 Å². The van der Waals surface area contributed by atoms with Crippen molar-refractivity contribution in [2.24, 2.45) is 0 Å². The highest BCUT2D eigenvalue weighted by molar-refractivity contribution is 6.22. The Morgan fingerprint density at radius 3 is 1.47 bits per heavy atom. The molecular weight excluding hydrogens is 542 g/mol. The lowest BCUT2D eigenvalue weighted by atomic mass is 9.89. The molecule has 0 saturated heterocycles. The number of hydrogen-bond acceptors (Lipinski definition) is 1. The highest BCUT2D eigenvalue weighted by atomic mass is 15.1. The average molecular weight is 576 g/mol. The van der Waals surface area contributed by atoms with Crippen LogP contribution in [0.2, 0.25) is 0 Å². The third kappa shape index (κ3) is 5.05. The second-order valence-electron chi connectivity index (χ2n) is 11.2.